The zero-order valence-corrected chi connectivity index (χ0v) is 11.2. The maximum absolute atomic E-state index is 11.9. The van der Waals surface area contributed by atoms with Gasteiger partial charge in [0.2, 0.25) is 11.8 Å². The molecule has 0 spiro atoms. The molecule has 5 heteroatoms. The fourth-order valence-electron chi connectivity index (χ4n) is 2.76. The van der Waals surface area contributed by atoms with Gasteiger partial charge in [-0.1, -0.05) is 13.8 Å². The van der Waals surface area contributed by atoms with Crippen LogP contribution < -0.4 is 16.0 Å². The van der Waals surface area contributed by atoms with E-state index in [2.05, 4.69) is 29.8 Å². The van der Waals surface area contributed by atoms with Gasteiger partial charge in [0.1, 0.15) is 6.04 Å². The van der Waals surface area contributed by atoms with E-state index in [0.29, 0.717) is 25.4 Å². The van der Waals surface area contributed by atoms with Gasteiger partial charge >= 0.3 is 0 Å². The van der Waals surface area contributed by atoms with Crippen molar-refractivity contribution >= 4 is 11.8 Å². The lowest BCUT2D eigenvalue weighted by Gasteiger charge is -2.39. The number of carbonyl (C=O) groups excluding carboxylic acids is 2. The molecule has 18 heavy (non-hydrogen) atoms. The van der Waals surface area contributed by atoms with Crippen LogP contribution in [0.3, 0.4) is 0 Å². The molecule has 102 valence electrons. The fraction of sp³-hybridized carbons (Fsp3) is 0.846. The van der Waals surface area contributed by atoms with Gasteiger partial charge in [-0.2, -0.15) is 0 Å². The molecule has 1 unspecified atom stereocenters. The Bertz CT molecular complexity index is 341. The smallest absolute Gasteiger partial charge is 0.242 e. The first-order valence-electron chi connectivity index (χ1n) is 6.79. The van der Waals surface area contributed by atoms with Gasteiger partial charge in [0.05, 0.1) is 0 Å². The largest absolute Gasteiger partial charge is 0.353 e. The minimum atomic E-state index is -0.329. The van der Waals surface area contributed by atoms with Gasteiger partial charge in [-0.3, -0.25) is 9.59 Å². The normalized spacial score (nSPS) is 30.9. The first kappa shape index (κ1) is 13.3. The predicted octanol–water partition coefficient (Wildman–Crippen LogP) is 0.159. The average molecular weight is 253 g/mol. The van der Waals surface area contributed by atoms with E-state index >= 15 is 0 Å². The number of amides is 2. The minimum absolute atomic E-state index is 0.0220. The molecule has 2 rings (SSSR count). The van der Waals surface area contributed by atoms with Crippen molar-refractivity contribution in [3.8, 4) is 0 Å². The van der Waals surface area contributed by atoms with Crippen LogP contribution >= 0.6 is 0 Å². The highest BCUT2D eigenvalue weighted by Crippen LogP contribution is 2.29. The summed E-state index contributed by atoms with van der Waals surface area (Å²) in [7, 11) is 0. The van der Waals surface area contributed by atoms with Crippen molar-refractivity contribution in [3.05, 3.63) is 0 Å². The number of carbonyl (C=O) groups is 2. The van der Waals surface area contributed by atoms with Crippen LogP contribution in [0.5, 0.6) is 0 Å². The van der Waals surface area contributed by atoms with Crippen molar-refractivity contribution in [3.63, 3.8) is 0 Å². The van der Waals surface area contributed by atoms with Crippen LogP contribution in [0.1, 0.15) is 39.5 Å². The summed E-state index contributed by atoms with van der Waals surface area (Å²) in [6.07, 6.45) is 3.45. The van der Waals surface area contributed by atoms with Crippen molar-refractivity contribution in [2.45, 2.75) is 51.6 Å². The summed E-state index contributed by atoms with van der Waals surface area (Å²) in [6, 6.07) is -0.0171. The van der Waals surface area contributed by atoms with E-state index in [4.69, 9.17) is 0 Å². The molecule has 2 atom stereocenters. The summed E-state index contributed by atoms with van der Waals surface area (Å²) >= 11 is 0. The second-order valence-corrected chi connectivity index (χ2v) is 6.00. The quantitative estimate of drug-likeness (QED) is 0.671. The molecule has 0 aromatic carbocycles. The van der Waals surface area contributed by atoms with E-state index in [0.717, 1.165) is 6.54 Å². The lowest BCUT2D eigenvalue weighted by molar-refractivity contribution is -0.125. The zero-order chi connectivity index (χ0) is 13.2. The molecule has 2 heterocycles. The second-order valence-electron chi connectivity index (χ2n) is 6.00. The zero-order valence-electron chi connectivity index (χ0n) is 11.2. The molecule has 2 aliphatic heterocycles. The predicted molar refractivity (Wildman–Crippen MR) is 69.0 cm³/mol. The van der Waals surface area contributed by atoms with Gasteiger partial charge in [-0.25, -0.2) is 0 Å². The number of nitrogens with one attached hydrogen (secondary N) is 3. The highest BCUT2D eigenvalue weighted by Gasteiger charge is 2.33. The van der Waals surface area contributed by atoms with Crippen LogP contribution in [0.25, 0.3) is 0 Å². The van der Waals surface area contributed by atoms with Crippen molar-refractivity contribution < 1.29 is 9.59 Å². The van der Waals surface area contributed by atoms with Crippen LogP contribution in [-0.2, 0) is 9.59 Å². The average Bonchev–Trinajstić information content (AvgIpc) is 2.73. The number of hydrogen-bond donors (Lipinski definition) is 3. The highest BCUT2D eigenvalue weighted by molar-refractivity contribution is 5.90. The van der Waals surface area contributed by atoms with E-state index < -0.39 is 0 Å². The molecule has 0 aromatic rings. The minimum Gasteiger partial charge on any atom is -0.353 e. The van der Waals surface area contributed by atoms with Crippen molar-refractivity contribution in [1.29, 1.82) is 0 Å². The number of rotatable bonds is 3. The van der Waals surface area contributed by atoms with Gasteiger partial charge in [-0.15, -0.1) is 0 Å². The van der Waals surface area contributed by atoms with Gasteiger partial charge in [0.15, 0.2) is 0 Å². The van der Waals surface area contributed by atoms with Crippen molar-refractivity contribution in [2.24, 2.45) is 5.41 Å². The van der Waals surface area contributed by atoms with Gasteiger partial charge in [-0.05, 0) is 31.2 Å². The standard InChI is InChI=1S/C13H23N3O2/c1-13(2)6-3-7-14-10(13)8-15-12(18)9-4-5-11(17)16-9/h9-10,14H,3-8H2,1-2H3,(H,15,18)(H,16,17)/t9-,10?/m0/s1. The highest BCUT2D eigenvalue weighted by atomic mass is 16.2. The maximum atomic E-state index is 11.9. The first-order valence-corrected chi connectivity index (χ1v) is 6.79. The van der Waals surface area contributed by atoms with E-state index in [-0.39, 0.29) is 23.3 Å². The first-order chi connectivity index (χ1) is 8.49. The summed E-state index contributed by atoms with van der Waals surface area (Å²) in [4.78, 5) is 23.0. The fourth-order valence-corrected chi connectivity index (χ4v) is 2.76. The Hall–Kier alpha value is -1.10. The molecule has 2 amide bonds. The van der Waals surface area contributed by atoms with E-state index in [1.54, 1.807) is 0 Å². The summed E-state index contributed by atoms with van der Waals surface area (Å²) in [5, 5.41) is 9.11. The van der Waals surface area contributed by atoms with Gasteiger partial charge in [0, 0.05) is 19.0 Å². The lowest BCUT2D eigenvalue weighted by atomic mass is 9.77. The van der Waals surface area contributed by atoms with Crippen LogP contribution in [0.2, 0.25) is 0 Å². The van der Waals surface area contributed by atoms with Crippen LogP contribution in [0.15, 0.2) is 0 Å². The van der Waals surface area contributed by atoms with E-state index in [9.17, 15) is 9.59 Å². The second kappa shape index (κ2) is 5.26. The van der Waals surface area contributed by atoms with Gasteiger partial charge in [0.25, 0.3) is 0 Å². The molecule has 3 N–H and O–H groups in total. The van der Waals surface area contributed by atoms with Crippen LogP contribution in [0.4, 0.5) is 0 Å². The Morgan fingerprint density at radius 1 is 1.50 bits per heavy atom. The number of hydrogen-bond acceptors (Lipinski definition) is 3. The third kappa shape index (κ3) is 3.02. The molecule has 0 saturated carbocycles. The van der Waals surface area contributed by atoms with Crippen molar-refractivity contribution in [1.82, 2.24) is 16.0 Å². The Morgan fingerprint density at radius 2 is 2.28 bits per heavy atom. The monoisotopic (exact) mass is 253 g/mol. The molecular weight excluding hydrogens is 230 g/mol. The molecule has 2 fully saturated rings. The summed E-state index contributed by atoms with van der Waals surface area (Å²) < 4.78 is 0. The summed E-state index contributed by atoms with van der Waals surface area (Å²) in [5.41, 5.74) is 0.213. The van der Waals surface area contributed by atoms with Gasteiger partial charge < -0.3 is 16.0 Å². The van der Waals surface area contributed by atoms with E-state index in [1.807, 2.05) is 0 Å². The summed E-state index contributed by atoms with van der Waals surface area (Å²) in [6.45, 7) is 6.11. The Kier molecular flexibility index (Phi) is 3.90. The molecule has 0 aromatic heterocycles. The maximum Gasteiger partial charge on any atom is 0.242 e. The molecule has 2 aliphatic rings. The topological polar surface area (TPSA) is 70.2 Å². The Labute approximate surface area is 108 Å². The Balaban J connectivity index is 1.80. The van der Waals surface area contributed by atoms with Crippen LogP contribution in [0, 0.1) is 5.41 Å². The SMILES string of the molecule is CC1(C)CCCNC1CNC(=O)[C@@H]1CCC(=O)N1. The molecule has 5 nitrogen and oxygen atoms in total. The van der Waals surface area contributed by atoms with E-state index in [1.165, 1.54) is 12.8 Å². The molecule has 2 saturated heterocycles. The molecule has 0 aliphatic carbocycles. The third-order valence-corrected chi connectivity index (χ3v) is 4.12. The Morgan fingerprint density at radius 3 is 2.89 bits per heavy atom. The van der Waals surface area contributed by atoms with Crippen molar-refractivity contribution in [2.75, 3.05) is 13.1 Å². The summed E-state index contributed by atoms with van der Waals surface area (Å²) in [5.74, 6) is -0.0738. The molecule has 0 radical (unpaired) electrons. The number of piperidine rings is 1. The third-order valence-electron chi connectivity index (χ3n) is 4.12. The lowest BCUT2D eigenvalue weighted by Crippen LogP contribution is -2.54. The molecular formula is C13H23N3O2. The molecule has 0 bridgehead atoms. The van der Waals surface area contributed by atoms with Crippen LogP contribution in [-0.4, -0.2) is 37.0 Å².